The number of carbonyl (C=O) groups is 1. The van der Waals surface area contributed by atoms with Crippen LogP contribution < -0.4 is 5.73 Å². The number of nitrogens with two attached hydrogens (primary N) is 1. The summed E-state index contributed by atoms with van der Waals surface area (Å²) in [5, 5.41) is 8.03. The van der Waals surface area contributed by atoms with Crippen molar-refractivity contribution in [2.45, 2.75) is 3.36 Å². The van der Waals surface area contributed by atoms with E-state index in [4.69, 9.17) is 10.8 Å². The number of halogens is 2. The van der Waals surface area contributed by atoms with Gasteiger partial charge < -0.3 is 5.11 Å². The number of alkyl halides is 2. The van der Waals surface area contributed by atoms with Crippen molar-refractivity contribution in [3.05, 3.63) is 0 Å². The lowest BCUT2D eigenvalue weighted by Crippen LogP contribution is -2.34. The molecule has 3 nitrogen and oxygen atoms in total. The minimum absolute atomic E-state index is 1.15. The Morgan fingerprint density at radius 1 is 1.71 bits per heavy atom. The molecule has 0 aromatic rings. The van der Waals surface area contributed by atoms with Crippen LogP contribution in [-0.4, -0.2) is 14.4 Å². The van der Waals surface area contributed by atoms with Gasteiger partial charge in [-0.25, -0.2) is 4.79 Å². The summed E-state index contributed by atoms with van der Waals surface area (Å²) in [6.07, 6.45) is 0. The van der Waals surface area contributed by atoms with E-state index in [1.54, 1.807) is 0 Å². The predicted octanol–water partition coefficient (Wildman–Crippen LogP) is 0.473. The van der Waals surface area contributed by atoms with Crippen LogP contribution in [0.5, 0.6) is 0 Å². The van der Waals surface area contributed by atoms with Crippen molar-refractivity contribution in [1.82, 2.24) is 0 Å². The molecular formula is C2H3Br2NO2. The number of hydrogen-bond donors (Lipinski definition) is 2. The molecule has 0 heterocycles. The monoisotopic (exact) mass is 231 g/mol. The van der Waals surface area contributed by atoms with Gasteiger partial charge in [0.2, 0.25) is 3.36 Å². The van der Waals surface area contributed by atoms with E-state index >= 15 is 0 Å². The van der Waals surface area contributed by atoms with E-state index in [-0.39, 0.29) is 0 Å². The van der Waals surface area contributed by atoms with E-state index in [0.717, 1.165) is 0 Å². The zero-order valence-corrected chi connectivity index (χ0v) is 6.36. The summed E-state index contributed by atoms with van der Waals surface area (Å²) in [5.74, 6) is -1.15. The standard InChI is InChI=1S/C2H3Br2NO2/c3-2(4,5)1(6)7/h5H2,(H,6,7). The first-order valence-electron chi connectivity index (χ1n) is 1.34. The van der Waals surface area contributed by atoms with Gasteiger partial charge in [-0.05, 0) is 31.9 Å². The van der Waals surface area contributed by atoms with Crippen LogP contribution in [-0.2, 0) is 4.79 Å². The van der Waals surface area contributed by atoms with E-state index in [9.17, 15) is 4.79 Å². The number of carboxylic acid groups (broad SMARTS) is 1. The van der Waals surface area contributed by atoms with Crippen molar-refractivity contribution >= 4 is 37.8 Å². The molecule has 5 heteroatoms. The summed E-state index contributed by atoms with van der Waals surface area (Å²) >= 11 is 5.28. The lowest BCUT2D eigenvalue weighted by atomic mass is 10.7. The molecule has 0 amide bonds. The predicted molar refractivity (Wildman–Crippen MR) is 32.4 cm³/mol. The molecule has 42 valence electrons. The van der Waals surface area contributed by atoms with Gasteiger partial charge in [0.25, 0.3) is 0 Å². The van der Waals surface area contributed by atoms with Gasteiger partial charge in [0, 0.05) is 0 Å². The van der Waals surface area contributed by atoms with E-state index in [0.29, 0.717) is 0 Å². The Morgan fingerprint density at radius 3 is 1.86 bits per heavy atom. The third kappa shape index (κ3) is 3.02. The molecule has 0 unspecified atom stereocenters. The van der Waals surface area contributed by atoms with Crippen LogP contribution >= 0.6 is 31.9 Å². The molecule has 0 fully saturated rings. The summed E-state index contributed by atoms with van der Waals surface area (Å²) in [6, 6.07) is 0. The second-order valence-corrected chi connectivity index (χ2v) is 4.49. The summed E-state index contributed by atoms with van der Waals surface area (Å²) in [7, 11) is 0. The van der Waals surface area contributed by atoms with Gasteiger partial charge in [0.1, 0.15) is 0 Å². The Hall–Kier alpha value is 0.390. The average Bonchev–Trinajstić information content (AvgIpc) is 1.31. The molecule has 3 N–H and O–H groups in total. The first-order chi connectivity index (χ1) is 2.94. The Balaban J connectivity index is 3.79. The summed E-state index contributed by atoms with van der Waals surface area (Å²) in [4.78, 5) is 9.80. The minimum atomic E-state index is -1.46. The molecular weight excluding hydrogens is 230 g/mol. The van der Waals surface area contributed by atoms with Crippen molar-refractivity contribution in [2.75, 3.05) is 0 Å². The molecule has 0 aromatic heterocycles. The van der Waals surface area contributed by atoms with Gasteiger partial charge in [0.05, 0.1) is 0 Å². The maximum atomic E-state index is 9.80. The highest BCUT2D eigenvalue weighted by atomic mass is 79.9. The van der Waals surface area contributed by atoms with Crippen molar-refractivity contribution in [2.24, 2.45) is 5.73 Å². The van der Waals surface area contributed by atoms with E-state index < -0.39 is 9.33 Å². The van der Waals surface area contributed by atoms with Crippen LogP contribution in [0.3, 0.4) is 0 Å². The zero-order valence-electron chi connectivity index (χ0n) is 3.19. The third-order valence-corrected chi connectivity index (χ3v) is 0.964. The van der Waals surface area contributed by atoms with Crippen LogP contribution in [0.2, 0.25) is 0 Å². The number of carboxylic acids is 1. The van der Waals surface area contributed by atoms with E-state index in [1.165, 1.54) is 0 Å². The molecule has 0 aliphatic carbocycles. The molecule has 0 spiro atoms. The number of rotatable bonds is 1. The van der Waals surface area contributed by atoms with Gasteiger partial charge in [-0.15, -0.1) is 0 Å². The quantitative estimate of drug-likeness (QED) is 0.511. The van der Waals surface area contributed by atoms with E-state index in [2.05, 4.69) is 31.9 Å². The first-order valence-corrected chi connectivity index (χ1v) is 2.93. The Morgan fingerprint density at radius 2 is 1.86 bits per heavy atom. The summed E-state index contributed by atoms with van der Waals surface area (Å²) < 4.78 is -1.46. The largest absolute Gasteiger partial charge is 0.479 e. The molecule has 0 atom stereocenters. The molecule has 0 saturated carbocycles. The molecule has 0 radical (unpaired) electrons. The zero-order chi connectivity index (χ0) is 6.08. The highest BCUT2D eigenvalue weighted by Crippen LogP contribution is 2.17. The normalized spacial score (nSPS) is 11.3. The van der Waals surface area contributed by atoms with Gasteiger partial charge in [0.15, 0.2) is 0 Å². The average molecular weight is 233 g/mol. The lowest BCUT2D eigenvalue weighted by molar-refractivity contribution is -0.136. The molecule has 0 saturated heterocycles. The molecule has 0 bridgehead atoms. The van der Waals surface area contributed by atoms with Crippen LogP contribution in [0.25, 0.3) is 0 Å². The second-order valence-electron chi connectivity index (χ2n) is 0.928. The van der Waals surface area contributed by atoms with Crippen LogP contribution in [0, 0.1) is 0 Å². The van der Waals surface area contributed by atoms with E-state index in [1.807, 2.05) is 0 Å². The molecule has 0 rings (SSSR count). The van der Waals surface area contributed by atoms with Gasteiger partial charge >= 0.3 is 5.97 Å². The van der Waals surface area contributed by atoms with Crippen molar-refractivity contribution in [3.63, 3.8) is 0 Å². The molecule has 7 heavy (non-hydrogen) atoms. The van der Waals surface area contributed by atoms with Crippen molar-refractivity contribution < 1.29 is 9.90 Å². The molecule has 0 aliphatic rings. The van der Waals surface area contributed by atoms with Gasteiger partial charge in [-0.3, -0.25) is 5.73 Å². The maximum absolute atomic E-state index is 9.80. The first kappa shape index (κ1) is 7.39. The fourth-order valence-corrected chi connectivity index (χ4v) is 0. The van der Waals surface area contributed by atoms with Crippen LogP contribution in [0.15, 0.2) is 0 Å². The van der Waals surface area contributed by atoms with Gasteiger partial charge in [-0.2, -0.15) is 0 Å². The summed E-state index contributed by atoms with van der Waals surface area (Å²) in [5.41, 5.74) is 4.91. The highest BCUT2D eigenvalue weighted by Gasteiger charge is 2.25. The smallest absolute Gasteiger partial charge is 0.346 e. The fraction of sp³-hybridized carbons (Fsp3) is 0.500. The second kappa shape index (κ2) is 2.11. The topological polar surface area (TPSA) is 63.3 Å². The number of hydrogen-bond acceptors (Lipinski definition) is 2. The molecule has 0 aliphatic heterocycles. The fourth-order valence-electron chi connectivity index (χ4n) is 0. The number of aliphatic carboxylic acids is 1. The highest BCUT2D eigenvalue weighted by molar-refractivity contribution is 9.25. The lowest BCUT2D eigenvalue weighted by Gasteiger charge is -2.04. The Labute approximate surface area is 57.1 Å². The Bertz CT molecular complexity index is 86.2. The maximum Gasteiger partial charge on any atom is 0.346 e. The molecule has 0 aromatic carbocycles. The summed E-state index contributed by atoms with van der Waals surface area (Å²) in [6.45, 7) is 0. The SMILES string of the molecule is NC(Br)(Br)C(=O)O. The van der Waals surface area contributed by atoms with Crippen molar-refractivity contribution in [3.8, 4) is 0 Å². The van der Waals surface area contributed by atoms with Crippen molar-refractivity contribution in [1.29, 1.82) is 0 Å². The van der Waals surface area contributed by atoms with Gasteiger partial charge in [-0.1, -0.05) is 0 Å². The van der Waals surface area contributed by atoms with Crippen LogP contribution in [0.1, 0.15) is 0 Å². The van der Waals surface area contributed by atoms with Crippen LogP contribution in [0.4, 0.5) is 0 Å². The Kier molecular flexibility index (Phi) is 2.22. The third-order valence-electron chi connectivity index (χ3n) is 0.285. The minimum Gasteiger partial charge on any atom is -0.479 e.